The van der Waals surface area contributed by atoms with Gasteiger partial charge < -0.3 is 15.1 Å². The Labute approximate surface area is 141 Å². The van der Waals surface area contributed by atoms with Gasteiger partial charge in [-0.15, -0.1) is 0 Å². The molecule has 0 radical (unpaired) electrons. The molecule has 3 rings (SSSR count). The molecule has 0 aromatic heterocycles. The van der Waals surface area contributed by atoms with Crippen molar-refractivity contribution in [2.45, 2.75) is 25.0 Å². The Morgan fingerprint density at radius 1 is 1.17 bits per heavy atom. The van der Waals surface area contributed by atoms with E-state index in [1.807, 2.05) is 23.1 Å². The van der Waals surface area contributed by atoms with E-state index in [9.17, 15) is 9.59 Å². The summed E-state index contributed by atoms with van der Waals surface area (Å²) in [4.78, 5) is 29.1. The minimum Gasteiger partial charge on any atom is -0.340 e. The number of thiocarbonyl (C=S) groups is 1. The molecule has 23 heavy (non-hydrogen) atoms. The fourth-order valence-electron chi connectivity index (χ4n) is 3.15. The Morgan fingerprint density at radius 3 is 2.57 bits per heavy atom. The van der Waals surface area contributed by atoms with Gasteiger partial charge in [0.15, 0.2) is 5.11 Å². The molecule has 2 atom stereocenters. The highest BCUT2D eigenvalue weighted by atomic mass is 32.1. The van der Waals surface area contributed by atoms with Crippen LogP contribution in [0.25, 0.3) is 0 Å². The lowest BCUT2D eigenvalue weighted by molar-refractivity contribution is -0.136. The lowest BCUT2D eigenvalue weighted by Crippen LogP contribution is -2.65. The highest BCUT2D eigenvalue weighted by Gasteiger charge is 2.51. The van der Waals surface area contributed by atoms with Gasteiger partial charge in [0.2, 0.25) is 0 Å². The number of likely N-dealkylation sites (N-methyl/N-ethyl adjacent to an activating group) is 2. The number of rotatable bonds is 4. The third-order valence-electron chi connectivity index (χ3n) is 4.46. The molecule has 2 saturated heterocycles. The molecule has 1 N–H and O–H groups in total. The number of imide groups is 1. The molecule has 2 aliphatic heterocycles. The van der Waals surface area contributed by atoms with Crippen LogP contribution in [0.5, 0.6) is 0 Å². The summed E-state index contributed by atoms with van der Waals surface area (Å²) in [6, 6.07) is 9.48. The zero-order chi connectivity index (χ0) is 16.6. The lowest BCUT2D eigenvalue weighted by Gasteiger charge is -2.39. The summed E-state index contributed by atoms with van der Waals surface area (Å²) in [7, 11) is 3.20. The van der Waals surface area contributed by atoms with Crippen LogP contribution in [0.1, 0.15) is 12.0 Å². The van der Waals surface area contributed by atoms with Gasteiger partial charge in [0.25, 0.3) is 5.91 Å². The van der Waals surface area contributed by atoms with E-state index in [1.165, 1.54) is 22.4 Å². The van der Waals surface area contributed by atoms with Crippen molar-refractivity contribution in [2.24, 2.45) is 0 Å². The molecule has 0 bridgehead atoms. The Morgan fingerprint density at radius 2 is 1.87 bits per heavy atom. The zero-order valence-electron chi connectivity index (χ0n) is 13.2. The second-order valence-corrected chi connectivity index (χ2v) is 6.30. The van der Waals surface area contributed by atoms with E-state index >= 15 is 0 Å². The Bertz CT molecular complexity index is 636. The SMILES string of the molecule is CN1C(=O)C2C(NC(=S)N2CCCc2ccccc2)N(C)C1=O. The number of carbonyl (C=O) groups excluding carboxylic acids is 2. The number of aryl methyl sites for hydroxylation is 1. The number of urea groups is 1. The second-order valence-electron chi connectivity index (χ2n) is 5.91. The molecule has 3 amide bonds. The summed E-state index contributed by atoms with van der Waals surface area (Å²) in [5.74, 6) is -0.204. The Balaban J connectivity index is 1.68. The number of benzene rings is 1. The molecule has 2 aliphatic rings. The van der Waals surface area contributed by atoms with E-state index in [4.69, 9.17) is 12.2 Å². The first kappa shape index (κ1) is 15.7. The summed E-state index contributed by atoms with van der Waals surface area (Å²) in [6.45, 7) is 0.684. The molecule has 1 aromatic rings. The smallest absolute Gasteiger partial charge is 0.327 e. The third-order valence-corrected chi connectivity index (χ3v) is 4.82. The maximum absolute atomic E-state index is 12.5. The molecule has 0 saturated carbocycles. The number of fused-ring (bicyclic) bond motifs is 1. The van der Waals surface area contributed by atoms with Gasteiger partial charge in [0.05, 0.1) is 0 Å². The van der Waals surface area contributed by atoms with Crippen molar-refractivity contribution in [3.8, 4) is 0 Å². The average Bonchev–Trinajstić information content (AvgIpc) is 2.89. The zero-order valence-corrected chi connectivity index (χ0v) is 14.0. The number of carbonyl (C=O) groups is 2. The monoisotopic (exact) mass is 332 g/mol. The summed E-state index contributed by atoms with van der Waals surface area (Å²) >= 11 is 5.37. The van der Waals surface area contributed by atoms with Gasteiger partial charge in [-0.25, -0.2) is 4.79 Å². The van der Waals surface area contributed by atoms with Gasteiger partial charge in [-0.05, 0) is 30.6 Å². The standard InChI is InChI=1S/C16H20N4O2S/c1-18-13-12(14(21)19(2)16(18)22)20(15(23)17-13)10-6-9-11-7-4-3-5-8-11/h3-5,7-8,12-13H,6,9-10H2,1-2H3,(H,17,23). The topological polar surface area (TPSA) is 55.9 Å². The van der Waals surface area contributed by atoms with Gasteiger partial charge in [-0.3, -0.25) is 9.69 Å². The molecular formula is C16H20N4O2S. The summed E-state index contributed by atoms with van der Waals surface area (Å²) < 4.78 is 0. The number of nitrogens with zero attached hydrogens (tertiary/aromatic N) is 3. The van der Waals surface area contributed by atoms with E-state index < -0.39 is 6.04 Å². The number of amides is 3. The predicted molar refractivity (Wildman–Crippen MR) is 90.7 cm³/mol. The molecule has 2 heterocycles. The minimum atomic E-state index is -0.439. The fraction of sp³-hybridized carbons (Fsp3) is 0.438. The number of hydrogen-bond acceptors (Lipinski definition) is 3. The van der Waals surface area contributed by atoms with Crippen molar-refractivity contribution in [2.75, 3.05) is 20.6 Å². The van der Waals surface area contributed by atoms with Crippen LogP contribution in [0.4, 0.5) is 4.79 Å². The van der Waals surface area contributed by atoms with E-state index in [2.05, 4.69) is 17.4 Å². The molecule has 7 heteroatoms. The van der Waals surface area contributed by atoms with Crippen molar-refractivity contribution >= 4 is 29.3 Å². The van der Waals surface area contributed by atoms with E-state index in [0.29, 0.717) is 11.7 Å². The maximum Gasteiger partial charge on any atom is 0.327 e. The predicted octanol–water partition coefficient (Wildman–Crippen LogP) is 1.03. The van der Waals surface area contributed by atoms with Gasteiger partial charge in [-0.2, -0.15) is 0 Å². The van der Waals surface area contributed by atoms with Gasteiger partial charge in [-0.1, -0.05) is 30.3 Å². The molecule has 6 nitrogen and oxygen atoms in total. The van der Waals surface area contributed by atoms with Crippen LogP contribution in [0.3, 0.4) is 0 Å². The number of hydrogen-bond donors (Lipinski definition) is 1. The first-order valence-electron chi connectivity index (χ1n) is 7.66. The van der Waals surface area contributed by atoms with Crippen LogP contribution in [0, 0.1) is 0 Å². The largest absolute Gasteiger partial charge is 0.340 e. The normalized spacial score (nSPS) is 24.1. The quantitative estimate of drug-likeness (QED) is 0.835. The van der Waals surface area contributed by atoms with Crippen LogP contribution in [-0.2, 0) is 11.2 Å². The first-order chi connectivity index (χ1) is 11.0. The van der Waals surface area contributed by atoms with Gasteiger partial charge in [0, 0.05) is 20.6 Å². The Hall–Kier alpha value is -2.15. The highest BCUT2D eigenvalue weighted by molar-refractivity contribution is 7.80. The molecule has 122 valence electrons. The summed E-state index contributed by atoms with van der Waals surface area (Å²) in [6.07, 6.45) is 1.44. The molecule has 0 aliphatic carbocycles. The van der Waals surface area contributed by atoms with E-state index in [-0.39, 0.29) is 18.1 Å². The van der Waals surface area contributed by atoms with Gasteiger partial charge in [0.1, 0.15) is 12.2 Å². The van der Waals surface area contributed by atoms with Gasteiger partial charge >= 0.3 is 6.03 Å². The third kappa shape index (κ3) is 2.76. The van der Waals surface area contributed by atoms with E-state index in [1.54, 1.807) is 7.05 Å². The van der Waals surface area contributed by atoms with Crippen molar-refractivity contribution in [1.29, 1.82) is 0 Å². The van der Waals surface area contributed by atoms with Crippen LogP contribution < -0.4 is 5.32 Å². The van der Waals surface area contributed by atoms with Crippen LogP contribution >= 0.6 is 12.2 Å². The number of nitrogens with one attached hydrogen (secondary N) is 1. The fourth-order valence-corrected chi connectivity index (χ4v) is 3.47. The first-order valence-corrected chi connectivity index (χ1v) is 8.07. The lowest BCUT2D eigenvalue weighted by atomic mass is 10.1. The molecule has 1 aromatic carbocycles. The molecule has 0 spiro atoms. The van der Waals surface area contributed by atoms with Crippen LogP contribution in [-0.4, -0.2) is 64.6 Å². The highest BCUT2D eigenvalue weighted by Crippen LogP contribution is 2.24. The van der Waals surface area contributed by atoms with Crippen molar-refractivity contribution in [3.63, 3.8) is 0 Å². The molecular weight excluding hydrogens is 312 g/mol. The van der Waals surface area contributed by atoms with Crippen molar-refractivity contribution < 1.29 is 9.59 Å². The maximum atomic E-state index is 12.5. The minimum absolute atomic E-state index is 0.204. The Kier molecular flexibility index (Phi) is 4.21. The summed E-state index contributed by atoms with van der Waals surface area (Å²) in [5.41, 5.74) is 1.27. The summed E-state index contributed by atoms with van der Waals surface area (Å²) in [5, 5.41) is 3.64. The van der Waals surface area contributed by atoms with E-state index in [0.717, 1.165) is 12.8 Å². The molecule has 2 unspecified atom stereocenters. The van der Waals surface area contributed by atoms with Crippen LogP contribution in [0.2, 0.25) is 0 Å². The second kappa shape index (κ2) is 6.16. The van der Waals surface area contributed by atoms with Crippen molar-refractivity contribution in [3.05, 3.63) is 35.9 Å². The molecule has 2 fully saturated rings. The van der Waals surface area contributed by atoms with Crippen LogP contribution in [0.15, 0.2) is 30.3 Å². The average molecular weight is 332 g/mol. The van der Waals surface area contributed by atoms with Crippen molar-refractivity contribution in [1.82, 2.24) is 20.0 Å².